The van der Waals surface area contributed by atoms with E-state index in [1.165, 1.54) is 0 Å². The monoisotopic (exact) mass is 402 g/mol. The molecule has 3 rings (SSSR count). The Hall–Kier alpha value is -1.68. The van der Waals surface area contributed by atoms with E-state index >= 15 is 4.39 Å². The first-order chi connectivity index (χ1) is 10.7. The summed E-state index contributed by atoms with van der Waals surface area (Å²) in [5, 5.41) is 0. The van der Waals surface area contributed by atoms with Crippen molar-refractivity contribution < 1.29 is 4.39 Å². The van der Waals surface area contributed by atoms with Gasteiger partial charge in [0.1, 0.15) is 0 Å². The number of alkyl halides is 2. The summed E-state index contributed by atoms with van der Waals surface area (Å²) in [5.74, 6) is 0. The van der Waals surface area contributed by atoms with Crippen LogP contribution >= 0.6 is 22.6 Å². The number of hydrogen-bond acceptors (Lipinski definition) is 0. The average molecular weight is 402 g/mol. The van der Waals surface area contributed by atoms with Crippen LogP contribution < -0.4 is 0 Å². The molecule has 0 aliphatic heterocycles. The van der Waals surface area contributed by atoms with Crippen LogP contribution in [-0.2, 0) is 5.67 Å². The molecular formula is C20H16FI. The molecule has 0 aliphatic rings. The van der Waals surface area contributed by atoms with Crippen LogP contribution in [0.5, 0.6) is 0 Å². The Bertz CT molecular complexity index is 671. The van der Waals surface area contributed by atoms with E-state index in [-0.39, 0.29) is 3.92 Å². The maximum atomic E-state index is 16.3. The number of benzene rings is 3. The fraction of sp³-hybridized carbons (Fsp3) is 0.100. The molecule has 3 aromatic carbocycles. The minimum absolute atomic E-state index is 0.309. The van der Waals surface area contributed by atoms with E-state index in [2.05, 4.69) is 22.6 Å². The Morgan fingerprint density at radius 2 is 1.00 bits per heavy atom. The molecule has 1 atom stereocenters. The Morgan fingerprint density at radius 3 is 1.41 bits per heavy atom. The van der Waals surface area contributed by atoms with Gasteiger partial charge in [-0.1, -0.05) is 114 Å². The van der Waals surface area contributed by atoms with Gasteiger partial charge in [-0.15, -0.1) is 0 Å². The first-order valence-corrected chi connectivity index (χ1v) is 8.46. The van der Waals surface area contributed by atoms with Crippen LogP contribution in [-0.4, -0.2) is 0 Å². The van der Waals surface area contributed by atoms with E-state index < -0.39 is 5.67 Å². The molecule has 22 heavy (non-hydrogen) atoms. The summed E-state index contributed by atoms with van der Waals surface area (Å²) >= 11 is 2.22. The second-order valence-electron chi connectivity index (χ2n) is 5.22. The second kappa shape index (κ2) is 6.61. The molecule has 110 valence electrons. The summed E-state index contributed by atoms with van der Waals surface area (Å²) in [6.07, 6.45) is 0. The van der Waals surface area contributed by atoms with Gasteiger partial charge in [0, 0.05) is 0 Å². The molecule has 2 heteroatoms. The van der Waals surface area contributed by atoms with Gasteiger partial charge in [-0.25, -0.2) is 4.39 Å². The first-order valence-electron chi connectivity index (χ1n) is 7.22. The van der Waals surface area contributed by atoms with Gasteiger partial charge in [0.25, 0.3) is 0 Å². The van der Waals surface area contributed by atoms with Gasteiger partial charge in [-0.2, -0.15) is 0 Å². The molecule has 0 amide bonds. The summed E-state index contributed by atoms with van der Waals surface area (Å²) in [5.41, 5.74) is 0.789. The average Bonchev–Trinajstić information content (AvgIpc) is 2.62. The predicted octanol–water partition coefficient (Wildman–Crippen LogP) is 6.08. The summed E-state index contributed by atoms with van der Waals surface area (Å²) in [7, 11) is 0. The van der Waals surface area contributed by atoms with E-state index in [0.29, 0.717) is 11.1 Å². The summed E-state index contributed by atoms with van der Waals surface area (Å²) < 4.78 is 16.0. The molecule has 0 heterocycles. The Kier molecular flexibility index (Phi) is 4.57. The van der Waals surface area contributed by atoms with Crippen molar-refractivity contribution in [3.05, 3.63) is 108 Å². The van der Waals surface area contributed by atoms with E-state index in [9.17, 15) is 0 Å². The van der Waals surface area contributed by atoms with Crippen LogP contribution in [0.25, 0.3) is 0 Å². The van der Waals surface area contributed by atoms with Gasteiger partial charge in [0.15, 0.2) is 5.67 Å². The van der Waals surface area contributed by atoms with Crippen LogP contribution in [0.15, 0.2) is 91.0 Å². The fourth-order valence-corrected chi connectivity index (χ4v) is 3.81. The molecule has 0 nitrogen and oxygen atoms in total. The molecule has 0 saturated carbocycles. The largest absolute Gasteiger partial charge is 0.232 e. The molecular weight excluding hydrogens is 386 g/mol. The number of rotatable bonds is 4. The van der Waals surface area contributed by atoms with Gasteiger partial charge in [-0.3, -0.25) is 0 Å². The normalized spacial score (nSPS) is 12.8. The summed E-state index contributed by atoms with van der Waals surface area (Å²) in [6.45, 7) is 0. The smallest absolute Gasteiger partial charge is 0.176 e. The number of hydrogen-bond donors (Lipinski definition) is 0. The van der Waals surface area contributed by atoms with E-state index in [4.69, 9.17) is 0 Å². The quantitative estimate of drug-likeness (QED) is 0.367. The van der Waals surface area contributed by atoms with Gasteiger partial charge in [0.05, 0.1) is 3.92 Å². The molecule has 0 fully saturated rings. The lowest BCUT2D eigenvalue weighted by atomic mass is 9.83. The molecule has 0 bridgehead atoms. The van der Waals surface area contributed by atoms with Crippen LogP contribution in [0.4, 0.5) is 4.39 Å². The number of halogens is 2. The lowest BCUT2D eigenvalue weighted by molar-refractivity contribution is 0.223. The van der Waals surface area contributed by atoms with Crippen molar-refractivity contribution in [3.63, 3.8) is 0 Å². The topological polar surface area (TPSA) is 0 Å². The Morgan fingerprint density at radius 1 is 0.636 bits per heavy atom. The van der Waals surface area contributed by atoms with Crippen molar-refractivity contribution in [2.24, 2.45) is 0 Å². The van der Waals surface area contributed by atoms with Gasteiger partial charge in [-0.05, 0) is 16.7 Å². The van der Waals surface area contributed by atoms with Gasteiger partial charge in [0.2, 0.25) is 0 Å². The van der Waals surface area contributed by atoms with Crippen molar-refractivity contribution >= 4 is 22.6 Å². The van der Waals surface area contributed by atoms with E-state index in [1.54, 1.807) is 0 Å². The summed E-state index contributed by atoms with van der Waals surface area (Å²) in [4.78, 5) is 0. The third kappa shape index (κ3) is 2.80. The van der Waals surface area contributed by atoms with Gasteiger partial charge < -0.3 is 0 Å². The van der Waals surface area contributed by atoms with Crippen LogP contribution in [0.2, 0.25) is 0 Å². The maximum absolute atomic E-state index is 16.3. The minimum atomic E-state index is -1.57. The molecule has 0 radical (unpaired) electrons. The highest BCUT2D eigenvalue weighted by molar-refractivity contribution is 14.1. The highest BCUT2D eigenvalue weighted by Gasteiger charge is 2.42. The first kappa shape index (κ1) is 15.2. The van der Waals surface area contributed by atoms with E-state index in [0.717, 1.165) is 5.56 Å². The van der Waals surface area contributed by atoms with E-state index in [1.807, 2.05) is 91.0 Å². The van der Waals surface area contributed by atoms with Crippen LogP contribution in [0, 0.1) is 0 Å². The van der Waals surface area contributed by atoms with Crippen molar-refractivity contribution in [3.8, 4) is 0 Å². The van der Waals surface area contributed by atoms with Crippen LogP contribution in [0.3, 0.4) is 0 Å². The summed E-state index contributed by atoms with van der Waals surface area (Å²) in [6, 6.07) is 28.7. The van der Waals surface area contributed by atoms with Crippen molar-refractivity contribution in [2.45, 2.75) is 9.59 Å². The Balaban J connectivity index is 2.16. The molecule has 0 N–H and O–H groups in total. The van der Waals surface area contributed by atoms with Crippen molar-refractivity contribution in [2.75, 3.05) is 0 Å². The molecule has 1 unspecified atom stereocenters. The zero-order valence-corrected chi connectivity index (χ0v) is 14.2. The molecule has 0 spiro atoms. The predicted molar refractivity (Wildman–Crippen MR) is 98.0 cm³/mol. The van der Waals surface area contributed by atoms with Crippen molar-refractivity contribution in [1.82, 2.24) is 0 Å². The standard InChI is InChI=1S/C20H16FI/c21-20(17-12-6-2-7-13-17,18-14-8-3-9-15-18)19(22)16-10-4-1-5-11-16/h1-15,19H. The zero-order chi connectivity index (χ0) is 15.4. The lowest BCUT2D eigenvalue weighted by Gasteiger charge is -2.32. The Labute approximate surface area is 144 Å². The second-order valence-corrected chi connectivity index (χ2v) is 6.46. The third-order valence-corrected chi connectivity index (χ3v) is 5.41. The van der Waals surface area contributed by atoms with Gasteiger partial charge >= 0.3 is 0 Å². The zero-order valence-electron chi connectivity index (χ0n) is 12.0. The maximum Gasteiger partial charge on any atom is 0.176 e. The third-order valence-electron chi connectivity index (χ3n) is 3.83. The SMILES string of the molecule is FC(c1ccccc1)(c1ccccc1)C(I)c1ccccc1. The minimum Gasteiger partial charge on any atom is -0.232 e. The highest BCUT2D eigenvalue weighted by atomic mass is 127. The lowest BCUT2D eigenvalue weighted by Crippen LogP contribution is -2.27. The highest BCUT2D eigenvalue weighted by Crippen LogP contribution is 2.49. The van der Waals surface area contributed by atoms with Crippen LogP contribution in [0.1, 0.15) is 20.6 Å². The molecule has 0 aromatic heterocycles. The molecule has 3 aromatic rings. The van der Waals surface area contributed by atoms with Crippen molar-refractivity contribution in [1.29, 1.82) is 0 Å². The fourth-order valence-electron chi connectivity index (χ4n) is 2.67. The molecule has 0 saturated heterocycles. The molecule has 0 aliphatic carbocycles.